The van der Waals surface area contributed by atoms with Crippen molar-refractivity contribution in [2.45, 2.75) is 104 Å². The SMILES string of the molecule is CCCCCCCCCCCCOP(=O)(O)OCCCCCC. The van der Waals surface area contributed by atoms with Gasteiger partial charge in [-0.15, -0.1) is 0 Å². The second-order valence-corrected chi connectivity index (χ2v) is 7.83. The van der Waals surface area contributed by atoms with Crippen molar-refractivity contribution in [3.05, 3.63) is 0 Å². The molecule has 0 radical (unpaired) electrons. The van der Waals surface area contributed by atoms with Crippen LogP contribution in [0.3, 0.4) is 0 Å². The Kier molecular flexibility index (Phi) is 17.0. The van der Waals surface area contributed by atoms with Gasteiger partial charge in [-0.2, -0.15) is 0 Å². The van der Waals surface area contributed by atoms with E-state index in [4.69, 9.17) is 9.05 Å². The summed E-state index contributed by atoms with van der Waals surface area (Å²) in [5, 5.41) is 0. The molecule has 0 saturated carbocycles. The van der Waals surface area contributed by atoms with Gasteiger partial charge in [-0.1, -0.05) is 90.9 Å². The molecule has 0 rings (SSSR count). The molecule has 4 nitrogen and oxygen atoms in total. The van der Waals surface area contributed by atoms with Crippen LogP contribution in [0.1, 0.15) is 104 Å². The van der Waals surface area contributed by atoms with Gasteiger partial charge in [0.05, 0.1) is 13.2 Å². The molecular formula is C18H39O4P. The van der Waals surface area contributed by atoms with Gasteiger partial charge in [0.2, 0.25) is 0 Å². The van der Waals surface area contributed by atoms with E-state index in [-0.39, 0.29) is 0 Å². The minimum atomic E-state index is -3.82. The Hall–Kier alpha value is 0.110. The summed E-state index contributed by atoms with van der Waals surface area (Å²) >= 11 is 0. The Balaban J connectivity index is 3.30. The van der Waals surface area contributed by atoms with Gasteiger partial charge in [0.15, 0.2) is 0 Å². The number of phosphoric acid groups is 1. The molecule has 0 fully saturated rings. The number of rotatable bonds is 18. The van der Waals surface area contributed by atoms with E-state index in [2.05, 4.69) is 13.8 Å². The van der Waals surface area contributed by atoms with Crippen molar-refractivity contribution in [1.82, 2.24) is 0 Å². The van der Waals surface area contributed by atoms with Crippen LogP contribution in [0.5, 0.6) is 0 Å². The molecule has 0 bridgehead atoms. The highest BCUT2D eigenvalue weighted by molar-refractivity contribution is 7.47. The van der Waals surface area contributed by atoms with E-state index in [1.165, 1.54) is 51.4 Å². The topological polar surface area (TPSA) is 55.8 Å². The second-order valence-electron chi connectivity index (χ2n) is 6.38. The number of hydrogen-bond donors (Lipinski definition) is 1. The van der Waals surface area contributed by atoms with Crippen LogP contribution in [0, 0.1) is 0 Å². The van der Waals surface area contributed by atoms with Crippen LogP contribution in [-0.4, -0.2) is 18.1 Å². The van der Waals surface area contributed by atoms with Gasteiger partial charge in [0.1, 0.15) is 0 Å². The smallest absolute Gasteiger partial charge is 0.302 e. The van der Waals surface area contributed by atoms with E-state index in [1.807, 2.05) is 0 Å². The average Bonchev–Trinajstić information content (AvgIpc) is 2.52. The molecule has 23 heavy (non-hydrogen) atoms. The monoisotopic (exact) mass is 350 g/mol. The van der Waals surface area contributed by atoms with Gasteiger partial charge in [0.25, 0.3) is 0 Å². The van der Waals surface area contributed by atoms with Crippen LogP contribution in [0.4, 0.5) is 0 Å². The predicted molar refractivity (Wildman–Crippen MR) is 97.7 cm³/mol. The Morgan fingerprint density at radius 1 is 0.609 bits per heavy atom. The largest absolute Gasteiger partial charge is 0.472 e. The summed E-state index contributed by atoms with van der Waals surface area (Å²) < 4.78 is 21.6. The minimum Gasteiger partial charge on any atom is -0.302 e. The fraction of sp³-hybridized carbons (Fsp3) is 1.00. The zero-order valence-electron chi connectivity index (χ0n) is 15.4. The van der Waals surface area contributed by atoms with Crippen LogP contribution >= 0.6 is 7.82 Å². The first-order chi connectivity index (χ1) is 11.1. The summed E-state index contributed by atoms with van der Waals surface area (Å²) in [4.78, 5) is 9.53. The third-order valence-electron chi connectivity index (χ3n) is 4.00. The van der Waals surface area contributed by atoms with Crippen LogP contribution in [0.2, 0.25) is 0 Å². The molecule has 0 amide bonds. The third kappa shape index (κ3) is 18.3. The maximum atomic E-state index is 11.6. The van der Waals surface area contributed by atoms with Crippen molar-refractivity contribution in [3.63, 3.8) is 0 Å². The maximum Gasteiger partial charge on any atom is 0.472 e. The van der Waals surface area contributed by atoms with Crippen LogP contribution in [-0.2, 0) is 13.6 Å². The quantitative estimate of drug-likeness (QED) is 0.223. The molecule has 0 spiro atoms. The van der Waals surface area contributed by atoms with Gasteiger partial charge < -0.3 is 4.89 Å². The van der Waals surface area contributed by atoms with Gasteiger partial charge in [-0.25, -0.2) is 4.57 Å². The first-order valence-electron chi connectivity index (χ1n) is 9.74. The van der Waals surface area contributed by atoms with Gasteiger partial charge in [0, 0.05) is 0 Å². The minimum absolute atomic E-state index is 0.311. The molecule has 1 atom stereocenters. The van der Waals surface area contributed by atoms with Crippen LogP contribution in [0.15, 0.2) is 0 Å². The molecule has 5 heteroatoms. The summed E-state index contributed by atoms with van der Waals surface area (Å²) in [7, 11) is -3.82. The predicted octanol–water partition coefficient (Wildman–Crippen LogP) is 6.62. The summed E-state index contributed by atoms with van der Waals surface area (Å²) in [5.41, 5.74) is 0. The van der Waals surface area contributed by atoms with Crippen molar-refractivity contribution >= 4 is 7.82 Å². The zero-order chi connectivity index (χ0) is 17.2. The fourth-order valence-corrected chi connectivity index (χ4v) is 3.31. The Morgan fingerprint density at radius 3 is 1.30 bits per heavy atom. The molecular weight excluding hydrogens is 311 g/mol. The highest BCUT2D eigenvalue weighted by Gasteiger charge is 2.19. The average molecular weight is 350 g/mol. The molecule has 0 heterocycles. The summed E-state index contributed by atoms with van der Waals surface area (Å²) in [6, 6.07) is 0. The van der Waals surface area contributed by atoms with E-state index in [9.17, 15) is 9.46 Å². The van der Waals surface area contributed by atoms with Crippen molar-refractivity contribution in [1.29, 1.82) is 0 Å². The van der Waals surface area contributed by atoms with Crippen molar-refractivity contribution < 1.29 is 18.5 Å². The number of hydrogen-bond acceptors (Lipinski definition) is 3. The molecule has 0 aliphatic heterocycles. The molecule has 0 aromatic carbocycles. The first kappa shape index (κ1) is 23.1. The standard InChI is InChI=1S/C18H39O4P/c1-3-5-7-9-10-11-12-13-14-16-18-22-23(19,20)21-17-15-8-6-4-2/h3-18H2,1-2H3,(H,19,20). The number of unbranched alkanes of at least 4 members (excludes halogenated alkanes) is 12. The lowest BCUT2D eigenvalue weighted by Crippen LogP contribution is -1.99. The van der Waals surface area contributed by atoms with E-state index in [0.717, 1.165) is 38.5 Å². The van der Waals surface area contributed by atoms with Crippen molar-refractivity contribution in [2.24, 2.45) is 0 Å². The van der Waals surface area contributed by atoms with Crippen LogP contribution in [0.25, 0.3) is 0 Å². The summed E-state index contributed by atoms with van der Waals surface area (Å²) in [6.45, 7) is 5.00. The number of phosphoric ester groups is 1. The van der Waals surface area contributed by atoms with Gasteiger partial charge in [-0.05, 0) is 12.8 Å². The fourth-order valence-electron chi connectivity index (χ4n) is 2.52. The van der Waals surface area contributed by atoms with Crippen molar-refractivity contribution in [3.8, 4) is 0 Å². The van der Waals surface area contributed by atoms with Gasteiger partial charge in [-0.3, -0.25) is 9.05 Å². The zero-order valence-corrected chi connectivity index (χ0v) is 16.3. The molecule has 0 saturated heterocycles. The summed E-state index contributed by atoms with van der Waals surface area (Å²) in [5.74, 6) is 0. The molecule has 1 N–H and O–H groups in total. The van der Waals surface area contributed by atoms with E-state index in [0.29, 0.717) is 13.2 Å². The first-order valence-corrected chi connectivity index (χ1v) is 11.2. The third-order valence-corrected chi connectivity index (χ3v) is 5.02. The molecule has 1 unspecified atom stereocenters. The lowest BCUT2D eigenvalue weighted by Gasteiger charge is -2.12. The highest BCUT2D eigenvalue weighted by atomic mass is 31.2. The van der Waals surface area contributed by atoms with E-state index in [1.54, 1.807) is 0 Å². The van der Waals surface area contributed by atoms with Crippen LogP contribution < -0.4 is 0 Å². The summed E-state index contributed by atoms with van der Waals surface area (Å²) in [6.07, 6.45) is 16.5. The lowest BCUT2D eigenvalue weighted by molar-refractivity contribution is 0.145. The molecule has 0 aliphatic rings. The van der Waals surface area contributed by atoms with Gasteiger partial charge >= 0.3 is 7.82 Å². The Bertz CT molecular complexity index is 284. The maximum absolute atomic E-state index is 11.6. The molecule has 140 valence electrons. The molecule has 0 aromatic heterocycles. The Labute approximate surface area is 144 Å². The molecule has 0 aromatic rings. The Morgan fingerprint density at radius 2 is 0.913 bits per heavy atom. The van der Waals surface area contributed by atoms with E-state index >= 15 is 0 Å². The molecule has 0 aliphatic carbocycles. The van der Waals surface area contributed by atoms with Crippen molar-refractivity contribution in [2.75, 3.05) is 13.2 Å². The highest BCUT2D eigenvalue weighted by Crippen LogP contribution is 2.43. The normalized spacial score (nSPS) is 14.0. The lowest BCUT2D eigenvalue weighted by atomic mass is 10.1. The second kappa shape index (κ2) is 17.0. The van der Waals surface area contributed by atoms with E-state index < -0.39 is 7.82 Å².